The standard InChI is InChI=1S/C19H24N4OS/c1-13-10-15(18(24)20-8-7-19(2,3)4)16-11-21-23(17(16)22-13)12-14-6-5-9-25-14/h5-6,9-11H,7-8,12H2,1-4H3,(H,20,24). The summed E-state index contributed by atoms with van der Waals surface area (Å²) in [5.41, 5.74) is 2.42. The maximum absolute atomic E-state index is 12.6. The summed E-state index contributed by atoms with van der Waals surface area (Å²) in [6, 6.07) is 5.94. The van der Waals surface area contributed by atoms with E-state index in [1.54, 1.807) is 17.5 Å². The average molecular weight is 356 g/mol. The fourth-order valence-corrected chi connectivity index (χ4v) is 3.36. The molecule has 0 spiro atoms. The van der Waals surface area contributed by atoms with E-state index in [0.717, 1.165) is 23.1 Å². The van der Waals surface area contributed by atoms with E-state index in [9.17, 15) is 4.79 Å². The Morgan fingerprint density at radius 1 is 1.36 bits per heavy atom. The van der Waals surface area contributed by atoms with E-state index >= 15 is 0 Å². The third-order valence-electron chi connectivity index (χ3n) is 4.03. The number of aromatic nitrogens is 3. The zero-order chi connectivity index (χ0) is 18.0. The van der Waals surface area contributed by atoms with Gasteiger partial charge in [0.15, 0.2) is 5.65 Å². The van der Waals surface area contributed by atoms with E-state index in [0.29, 0.717) is 18.7 Å². The van der Waals surface area contributed by atoms with Gasteiger partial charge in [0.2, 0.25) is 0 Å². The van der Waals surface area contributed by atoms with E-state index in [2.05, 4.69) is 42.2 Å². The van der Waals surface area contributed by atoms with Crippen LogP contribution >= 0.6 is 11.3 Å². The lowest BCUT2D eigenvalue weighted by Crippen LogP contribution is -2.27. The molecule has 3 rings (SSSR count). The summed E-state index contributed by atoms with van der Waals surface area (Å²) >= 11 is 1.69. The third kappa shape index (κ3) is 4.25. The number of hydrogen-bond acceptors (Lipinski definition) is 4. The van der Waals surface area contributed by atoms with Gasteiger partial charge in [-0.25, -0.2) is 9.67 Å². The predicted octanol–water partition coefficient (Wildman–Crippen LogP) is 4.02. The Balaban J connectivity index is 1.86. The molecule has 6 heteroatoms. The second-order valence-electron chi connectivity index (χ2n) is 7.50. The summed E-state index contributed by atoms with van der Waals surface area (Å²) in [5, 5.41) is 10.3. The summed E-state index contributed by atoms with van der Waals surface area (Å²) < 4.78 is 1.86. The normalized spacial score (nSPS) is 11.8. The first-order valence-electron chi connectivity index (χ1n) is 8.47. The molecule has 0 aliphatic heterocycles. The Bertz CT molecular complexity index is 875. The molecule has 3 aromatic heterocycles. The molecule has 1 amide bonds. The Morgan fingerprint density at radius 3 is 2.84 bits per heavy atom. The van der Waals surface area contributed by atoms with Crippen molar-refractivity contribution in [3.05, 3.63) is 45.9 Å². The highest BCUT2D eigenvalue weighted by molar-refractivity contribution is 7.09. The molecule has 5 nitrogen and oxygen atoms in total. The van der Waals surface area contributed by atoms with Crippen LogP contribution in [0.2, 0.25) is 0 Å². The quantitative estimate of drug-likeness (QED) is 0.751. The highest BCUT2D eigenvalue weighted by atomic mass is 32.1. The summed E-state index contributed by atoms with van der Waals surface area (Å²) in [6.45, 7) is 9.75. The number of amides is 1. The first kappa shape index (κ1) is 17.6. The molecule has 0 fully saturated rings. The lowest BCUT2D eigenvalue weighted by atomic mass is 9.92. The van der Waals surface area contributed by atoms with Gasteiger partial charge in [-0.1, -0.05) is 26.8 Å². The summed E-state index contributed by atoms with van der Waals surface area (Å²) in [5.74, 6) is -0.0598. The van der Waals surface area contributed by atoms with Crippen molar-refractivity contribution in [2.45, 2.75) is 40.7 Å². The predicted molar refractivity (Wildman–Crippen MR) is 102 cm³/mol. The summed E-state index contributed by atoms with van der Waals surface area (Å²) in [7, 11) is 0. The molecule has 0 saturated carbocycles. The second-order valence-corrected chi connectivity index (χ2v) is 8.53. The molecular weight excluding hydrogens is 332 g/mol. The third-order valence-corrected chi connectivity index (χ3v) is 4.89. The minimum absolute atomic E-state index is 0.0598. The Labute approximate surface area is 152 Å². The molecule has 25 heavy (non-hydrogen) atoms. The molecule has 1 N–H and O–H groups in total. The number of pyridine rings is 1. The molecule has 0 aromatic carbocycles. The molecule has 132 valence electrons. The van der Waals surface area contributed by atoms with E-state index in [1.807, 2.05) is 29.1 Å². The number of fused-ring (bicyclic) bond motifs is 1. The van der Waals surface area contributed by atoms with Gasteiger partial charge in [0, 0.05) is 17.1 Å². The van der Waals surface area contributed by atoms with E-state index < -0.39 is 0 Å². The van der Waals surface area contributed by atoms with Crippen molar-refractivity contribution in [3.8, 4) is 0 Å². The molecule has 3 heterocycles. The smallest absolute Gasteiger partial charge is 0.252 e. The van der Waals surface area contributed by atoms with Crippen molar-refractivity contribution in [2.75, 3.05) is 6.54 Å². The van der Waals surface area contributed by atoms with Crippen LogP contribution in [0.15, 0.2) is 29.8 Å². The molecule has 3 aromatic rings. The van der Waals surface area contributed by atoms with Gasteiger partial charge in [-0.05, 0) is 36.3 Å². The number of aryl methyl sites for hydroxylation is 1. The number of hydrogen-bond donors (Lipinski definition) is 1. The number of thiophene rings is 1. The number of carbonyl (C=O) groups is 1. The number of carbonyl (C=O) groups excluding carboxylic acids is 1. The Kier molecular flexibility index (Phi) is 4.90. The molecule has 0 bridgehead atoms. The van der Waals surface area contributed by atoms with Crippen molar-refractivity contribution in [1.29, 1.82) is 0 Å². The number of nitrogens with zero attached hydrogens (tertiary/aromatic N) is 3. The Hall–Kier alpha value is -2.21. The van der Waals surface area contributed by atoms with Gasteiger partial charge in [-0.3, -0.25) is 4.79 Å². The topological polar surface area (TPSA) is 59.8 Å². The fraction of sp³-hybridized carbons (Fsp3) is 0.421. The van der Waals surface area contributed by atoms with Crippen molar-refractivity contribution in [2.24, 2.45) is 5.41 Å². The van der Waals surface area contributed by atoms with E-state index in [-0.39, 0.29) is 11.3 Å². The molecule has 0 atom stereocenters. The second kappa shape index (κ2) is 6.96. The van der Waals surface area contributed by atoms with Crippen molar-refractivity contribution < 1.29 is 4.79 Å². The van der Waals surface area contributed by atoms with E-state index in [4.69, 9.17) is 0 Å². The van der Waals surface area contributed by atoms with Crippen LogP contribution in [0.3, 0.4) is 0 Å². The largest absolute Gasteiger partial charge is 0.352 e. The molecule has 0 unspecified atom stereocenters. The number of nitrogens with one attached hydrogen (secondary N) is 1. The SMILES string of the molecule is Cc1cc(C(=O)NCCC(C)(C)C)c2cnn(Cc3cccs3)c2n1. The van der Waals surface area contributed by atoms with Gasteiger partial charge in [-0.15, -0.1) is 11.3 Å². The summed E-state index contributed by atoms with van der Waals surface area (Å²) in [6.07, 6.45) is 2.68. The van der Waals surface area contributed by atoms with Crippen molar-refractivity contribution >= 4 is 28.3 Å². The van der Waals surface area contributed by atoms with Crippen LogP contribution in [-0.2, 0) is 6.54 Å². The first-order chi connectivity index (χ1) is 11.8. The first-order valence-corrected chi connectivity index (χ1v) is 9.35. The maximum Gasteiger partial charge on any atom is 0.252 e. The highest BCUT2D eigenvalue weighted by Crippen LogP contribution is 2.21. The number of rotatable bonds is 5. The van der Waals surface area contributed by atoms with Crippen molar-refractivity contribution in [1.82, 2.24) is 20.1 Å². The maximum atomic E-state index is 12.6. The minimum Gasteiger partial charge on any atom is -0.352 e. The molecule has 0 radical (unpaired) electrons. The lowest BCUT2D eigenvalue weighted by Gasteiger charge is -2.18. The molecule has 0 saturated heterocycles. The Morgan fingerprint density at radius 2 is 2.16 bits per heavy atom. The van der Waals surface area contributed by atoms with Crippen LogP contribution in [0.4, 0.5) is 0 Å². The molecule has 0 aliphatic rings. The van der Waals surface area contributed by atoms with Crippen LogP contribution in [-0.4, -0.2) is 27.2 Å². The van der Waals surface area contributed by atoms with Crippen LogP contribution < -0.4 is 5.32 Å². The minimum atomic E-state index is -0.0598. The van der Waals surface area contributed by atoms with Crippen LogP contribution in [0.1, 0.15) is 48.1 Å². The molecular formula is C19H24N4OS. The van der Waals surface area contributed by atoms with E-state index in [1.165, 1.54) is 4.88 Å². The van der Waals surface area contributed by atoms with Gasteiger partial charge in [0.1, 0.15) is 0 Å². The average Bonchev–Trinajstić information content (AvgIpc) is 3.16. The highest BCUT2D eigenvalue weighted by Gasteiger charge is 2.17. The van der Waals surface area contributed by atoms with Crippen LogP contribution in [0.25, 0.3) is 11.0 Å². The van der Waals surface area contributed by atoms with Gasteiger partial charge in [0.25, 0.3) is 5.91 Å². The lowest BCUT2D eigenvalue weighted by molar-refractivity contribution is 0.0951. The van der Waals surface area contributed by atoms with Crippen LogP contribution in [0, 0.1) is 12.3 Å². The molecule has 0 aliphatic carbocycles. The monoisotopic (exact) mass is 356 g/mol. The van der Waals surface area contributed by atoms with Gasteiger partial charge in [0.05, 0.1) is 23.7 Å². The van der Waals surface area contributed by atoms with Gasteiger partial charge in [-0.2, -0.15) is 5.10 Å². The van der Waals surface area contributed by atoms with Gasteiger partial charge >= 0.3 is 0 Å². The summed E-state index contributed by atoms with van der Waals surface area (Å²) in [4.78, 5) is 18.5. The zero-order valence-electron chi connectivity index (χ0n) is 15.2. The van der Waals surface area contributed by atoms with Crippen molar-refractivity contribution in [3.63, 3.8) is 0 Å². The van der Waals surface area contributed by atoms with Crippen LogP contribution in [0.5, 0.6) is 0 Å². The van der Waals surface area contributed by atoms with Gasteiger partial charge < -0.3 is 5.32 Å². The fourth-order valence-electron chi connectivity index (χ4n) is 2.67. The zero-order valence-corrected chi connectivity index (χ0v) is 16.0.